The molecule has 0 fully saturated rings. The number of rotatable bonds is 3. The van der Waals surface area contributed by atoms with Crippen LogP contribution in [0, 0.1) is 0 Å². The van der Waals surface area contributed by atoms with E-state index in [1.807, 2.05) is 0 Å². The van der Waals surface area contributed by atoms with Gasteiger partial charge in [0.2, 0.25) is 0 Å². The Morgan fingerprint density at radius 3 is 2.89 bits per heavy atom. The maximum atomic E-state index is 10.4. The van der Waals surface area contributed by atoms with Crippen LogP contribution in [0.2, 0.25) is 0 Å². The zero-order valence-electron chi connectivity index (χ0n) is 4.35. The summed E-state index contributed by atoms with van der Waals surface area (Å²) in [4.78, 5) is 8.48. The molecule has 0 bridgehead atoms. The Bertz CT molecular complexity index is 197. The van der Waals surface area contributed by atoms with Crippen molar-refractivity contribution < 1.29 is 14.0 Å². The molecule has 0 aromatic rings. The van der Waals surface area contributed by atoms with E-state index in [0.29, 0.717) is 0 Å². The summed E-state index contributed by atoms with van der Waals surface area (Å²) in [5, 5.41) is 1.72. The van der Waals surface area contributed by atoms with E-state index in [0.717, 1.165) is 6.26 Å². The lowest BCUT2D eigenvalue weighted by Gasteiger charge is -1.98. The molecule has 0 aromatic heterocycles. The van der Waals surface area contributed by atoms with Crippen LogP contribution in [-0.2, 0) is 9.09 Å². The fourth-order valence-electron chi connectivity index (χ4n) is 0.172. The zero-order chi connectivity index (χ0) is 7.33. The van der Waals surface area contributed by atoms with Crippen molar-refractivity contribution in [3.05, 3.63) is 12.8 Å². The quantitative estimate of drug-likeness (QED) is 0.297. The van der Waals surface area contributed by atoms with Gasteiger partial charge in [0.05, 0.1) is 11.4 Å². The van der Waals surface area contributed by atoms with E-state index in [2.05, 4.69) is 28.1 Å². The summed E-state index contributed by atoms with van der Waals surface area (Å²) >= 11 is 4.05. The third-order valence-corrected chi connectivity index (χ3v) is 1.38. The van der Waals surface area contributed by atoms with Gasteiger partial charge in [-0.1, -0.05) is 6.58 Å². The molecule has 0 saturated heterocycles. The first-order valence-electron chi connectivity index (χ1n) is 1.84. The molecule has 0 aliphatic rings. The summed E-state index contributed by atoms with van der Waals surface area (Å²) < 4.78 is 17.3. The molecule has 1 N–H and O–H groups in total. The molecule has 0 saturated carbocycles. The molecule has 9 heavy (non-hydrogen) atoms. The van der Waals surface area contributed by atoms with E-state index >= 15 is 0 Å². The molecule has 0 aromatic carbocycles. The van der Waals surface area contributed by atoms with E-state index in [9.17, 15) is 4.57 Å². The maximum Gasteiger partial charge on any atom is 0.513 e. The first kappa shape index (κ1) is 8.53. The van der Waals surface area contributed by atoms with Gasteiger partial charge < -0.3 is 4.52 Å². The first-order chi connectivity index (χ1) is 4.12. The highest BCUT2D eigenvalue weighted by atomic mass is 32.1. The molecule has 4 nitrogen and oxygen atoms in total. The Morgan fingerprint density at radius 2 is 2.56 bits per heavy atom. The minimum atomic E-state index is -3.90. The maximum absolute atomic E-state index is 10.4. The molecular formula is C3H4NO3PS. The summed E-state index contributed by atoms with van der Waals surface area (Å²) in [6.45, 7) is 3.05. The van der Waals surface area contributed by atoms with Crippen molar-refractivity contribution in [2.24, 2.45) is 4.76 Å². The van der Waals surface area contributed by atoms with Crippen LogP contribution in [0.25, 0.3) is 0 Å². The topological polar surface area (TPSA) is 58.9 Å². The van der Waals surface area contributed by atoms with E-state index in [4.69, 9.17) is 4.89 Å². The summed E-state index contributed by atoms with van der Waals surface area (Å²) in [6.07, 6.45) is 0.816. The lowest BCUT2D eigenvalue weighted by Crippen LogP contribution is -1.74. The Hall–Kier alpha value is -0.470. The van der Waals surface area contributed by atoms with Crippen LogP contribution in [0.15, 0.2) is 17.6 Å². The van der Waals surface area contributed by atoms with Gasteiger partial charge in [-0.15, -0.1) is 4.76 Å². The molecule has 0 amide bonds. The van der Waals surface area contributed by atoms with Gasteiger partial charge in [-0.25, -0.2) is 4.57 Å². The van der Waals surface area contributed by atoms with Crippen molar-refractivity contribution in [3.8, 4) is 0 Å². The Labute approximate surface area is 57.5 Å². The monoisotopic (exact) mass is 165 g/mol. The fraction of sp³-hybridized carbons (Fsp3) is 0. The second-order valence-electron chi connectivity index (χ2n) is 0.954. The summed E-state index contributed by atoms with van der Waals surface area (Å²) in [5.74, 6) is 0. The van der Waals surface area contributed by atoms with Crippen LogP contribution in [0.4, 0.5) is 0 Å². The van der Waals surface area contributed by atoms with Crippen LogP contribution in [-0.4, -0.2) is 10.1 Å². The second kappa shape index (κ2) is 3.54. The van der Waals surface area contributed by atoms with Gasteiger partial charge >= 0.3 is 7.75 Å². The lowest BCUT2D eigenvalue weighted by atomic mass is 11.2. The fourth-order valence-corrected chi connectivity index (χ4v) is 0.826. The molecular weight excluding hydrogens is 161 g/mol. The van der Waals surface area contributed by atoms with E-state index in [1.165, 1.54) is 0 Å². The number of hydrogen-bond donors (Lipinski definition) is 1. The average Bonchev–Trinajstić information content (AvgIpc) is 1.64. The largest absolute Gasteiger partial charge is 0.513 e. The third-order valence-electron chi connectivity index (χ3n) is 0.379. The molecule has 50 valence electrons. The number of isothiocyanates is 1. The molecule has 6 heteroatoms. The SMILES string of the molecule is C=COP(=O)(O)N=C=S. The Balaban J connectivity index is 4.19. The standard InChI is InChI=1S/C3H4NO3PS/c1-2-7-8(5,6)4-3-9/h2H,1H2,(H,5,6). The molecule has 0 aliphatic heterocycles. The predicted molar refractivity (Wildman–Crippen MR) is 36.1 cm³/mol. The van der Waals surface area contributed by atoms with Crippen molar-refractivity contribution >= 4 is 25.1 Å². The summed E-state index contributed by atoms with van der Waals surface area (Å²) in [5.41, 5.74) is 0. The number of nitrogens with zero attached hydrogens (tertiary/aromatic N) is 1. The van der Waals surface area contributed by atoms with Gasteiger partial charge in [0.25, 0.3) is 0 Å². The number of hydrogen-bond acceptors (Lipinski definition) is 3. The van der Waals surface area contributed by atoms with E-state index in [1.54, 1.807) is 5.16 Å². The molecule has 0 heterocycles. The minimum Gasteiger partial charge on any atom is -0.416 e. The molecule has 1 unspecified atom stereocenters. The van der Waals surface area contributed by atoms with Gasteiger partial charge in [-0.05, 0) is 12.2 Å². The van der Waals surface area contributed by atoms with Crippen LogP contribution in [0.3, 0.4) is 0 Å². The van der Waals surface area contributed by atoms with E-state index in [-0.39, 0.29) is 0 Å². The van der Waals surface area contributed by atoms with Gasteiger partial charge in [-0.2, -0.15) is 0 Å². The van der Waals surface area contributed by atoms with Crippen LogP contribution in [0.5, 0.6) is 0 Å². The average molecular weight is 165 g/mol. The Kier molecular flexibility index (Phi) is 3.35. The molecule has 0 radical (unpaired) electrons. The minimum absolute atomic E-state index is 0.816. The van der Waals surface area contributed by atoms with Crippen molar-refractivity contribution in [2.75, 3.05) is 0 Å². The number of thiocarbonyl (C=S) groups is 1. The van der Waals surface area contributed by atoms with Gasteiger partial charge in [0.15, 0.2) is 0 Å². The lowest BCUT2D eigenvalue weighted by molar-refractivity contribution is 0.351. The third kappa shape index (κ3) is 4.06. The van der Waals surface area contributed by atoms with Crippen molar-refractivity contribution in [2.45, 2.75) is 0 Å². The predicted octanol–water partition coefficient (Wildman–Crippen LogP) is 1.35. The summed E-state index contributed by atoms with van der Waals surface area (Å²) in [7, 11) is -3.90. The van der Waals surface area contributed by atoms with Crippen LogP contribution < -0.4 is 0 Å². The van der Waals surface area contributed by atoms with Gasteiger partial charge in [-0.3, -0.25) is 4.89 Å². The second-order valence-corrected chi connectivity index (χ2v) is 2.53. The zero-order valence-corrected chi connectivity index (χ0v) is 6.06. The van der Waals surface area contributed by atoms with Crippen molar-refractivity contribution in [1.29, 1.82) is 0 Å². The van der Waals surface area contributed by atoms with Gasteiger partial charge in [0.1, 0.15) is 0 Å². The van der Waals surface area contributed by atoms with Crippen LogP contribution in [0.1, 0.15) is 0 Å². The highest BCUT2D eigenvalue weighted by Gasteiger charge is 2.14. The molecule has 0 rings (SSSR count). The van der Waals surface area contributed by atoms with Crippen molar-refractivity contribution in [3.63, 3.8) is 0 Å². The van der Waals surface area contributed by atoms with Crippen molar-refractivity contribution in [1.82, 2.24) is 0 Å². The molecule has 0 aliphatic carbocycles. The first-order valence-corrected chi connectivity index (χ1v) is 3.78. The van der Waals surface area contributed by atoms with Crippen LogP contribution >= 0.6 is 20.0 Å². The smallest absolute Gasteiger partial charge is 0.416 e. The van der Waals surface area contributed by atoms with E-state index < -0.39 is 7.75 Å². The molecule has 1 atom stereocenters. The van der Waals surface area contributed by atoms with Gasteiger partial charge in [0, 0.05) is 0 Å². The highest BCUT2D eigenvalue weighted by molar-refractivity contribution is 7.78. The normalized spacial score (nSPS) is 14.8. The Morgan fingerprint density at radius 1 is 2.00 bits per heavy atom. The summed E-state index contributed by atoms with van der Waals surface area (Å²) in [6, 6.07) is 0. The highest BCUT2D eigenvalue weighted by Crippen LogP contribution is 2.42. The molecule has 0 spiro atoms.